The Morgan fingerprint density at radius 1 is 1.00 bits per heavy atom. The van der Waals surface area contributed by atoms with Gasteiger partial charge in [0.15, 0.2) is 0 Å². The number of methoxy groups -OCH3 is 1. The zero-order chi connectivity index (χ0) is 15.6. The molecule has 0 saturated carbocycles. The Morgan fingerprint density at radius 3 is 2.70 bits per heavy atom. The van der Waals surface area contributed by atoms with Gasteiger partial charge in [0.2, 0.25) is 0 Å². The summed E-state index contributed by atoms with van der Waals surface area (Å²) < 4.78 is 5.28. The quantitative estimate of drug-likeness (QED) is 0.759. The van der Waals surface area contributed by atoms with Crippen molar-refractivity contribution in [3.05, 3.63) is 77.4 Å². The average molecular weight is 303 g/mol. The molecule has 3 aromatic rings. The molecule has 0 fully saturated rings. The van der Waals surface area contributed by atoms with Crippen LogP contribution in [0, 0.1) is 0 Å². The molecule has 3 aromatic carbocycles. The minimum Gasteiger partial charge on any atom is -0.497 e. The molecule has 116 valence electrons. The smallest absolute Gasteiger partial charge is 0.119 e. The zero-order valence-corrected chi connectivity index (χ0v) is 13.4. The van der Waals surface area contributed by atoms with E-state index in [0.717, 1.165) is 18.8 Å². The van der Waals surface area contributed by atoms with E-state index in [-0.39, 0.29) is 0 Å². The van der Waals surface area contributed by atoms with Crippen LogP contribution in [-0.4, -0.2) is 13.7 Å². The van der Waals surface area contributed by atoms with Crippen molar-refractivity contribution in [1.29, 1.82) is 0 Å². The lowest BCUT2D eigenvalue weighted by Crippen LogP contribution is -2.28. The first kappa shape index (κ1) is 14.3. The summed E-state index contributed by atoms with van der Waals surface area (Å²) in [5, 5.41) is 6.09. The van der Waals surface area contributed by atoms with Crippen LogP contribution in [-0.2, 0) is 13.0 Å². The second-order valence-electron chi connectivity index (χ2n) is 6.28. The van der Waals surface area contributed by atoms with Gasteiger partial charge >= 0.3 is 0 Å². The number of hydrogen-bond acceptors (Lipinski definition) is 2. The van der Waals surface area contributed by atoms with Crippen LogP contribution in [0.25, 0.3) is 10.8 Å². The van der Waals surface area contributed by atoms with Crippen molar-refractivity contribution in [3.63, 3.8) is 0 Å². The fourth-order valence-electron chi connectivity index (χ4n) is 3.45. The molecule has 4 rings (SSSR count). The summed E-state index contributed by atoms with van der Waals surface area (Å²) in [4.78, 5) is 0. The molecule has 2 heteroatoms. The molecule has 1 aliphatic rings. The van der Waals surface area contributed by atoms with Crippen molar-refractivity contribution in [3.8, 4) is 5.75 Å². The van der Waals surface area contributed by atoms with Crippen molar-refractivity contribution in [1.82, 2.24) is 5.32 Å². The van der Waals surface area contributed by atoms with E-state index in [2.05, 4.69) is 59.9 Å². The molecule has 1 unspecified atom stereocenters. The predicted octanol–water partition coefficient (Wildman–Crippen LogP) is 4.28. The second-order valence-corrected chi connectivity index (χ2v) is 6.28. The number of benzene rings is 3. The van der Waals surface area contributed by atoms with Gasteiger partial charge in [0.25, 0.3) is 0 Å². The van der Waals surface area contributed by atoms with E-state index in [9.17, 15) is 0 Å². The van der Waals surface area contributed by atoms with Crippen LogP contribution >= 0.6 is 0 Å². The highest BCUT2D eigenvalue weighted by molar-refractivity contribution is 5.84. The van der Waals surface area contributed by atoms with E-state index in [1.807, 2.05) is 6.07 Å². The molecule has 1 N–H and O–H groups in total. The first-order valence-corrected chi connectivity index (χ1v) is 8.19. The molecule has 2 nitrogen and oxygen atoms in total. The lowest BCUT2D eigenvalue weighted by Gasteiger charge is -2.30. The first-order chi connectivity index (χ1) is 11.3. The summed E-state index contributed by atoms with van der Waals surface area (Å²) in [6, 6.07) is 21.6. The SMILES string of the molecule is COc1ccc2cc(CNCC3Cc4ccccc43)ccc2c1. The fourth-order valence-corrected chi connectivity index (χ4v) is 3.45. The third kappa shape index (κ3) is 2.82. The Kier molecular flexibility index (Phi) is 3.76. The molecule has 0 saturated heterocycles. The third-order valence-electron chi connectivity index (χ3n) is 4.79. The molecule has 1 atom stereocenters. The Morgan fingerprint density at radius 2 is 1.83 bits per heavy atom. The van der Waals surface area contributed by atoms with Crippen LogP contribution in [0.15, 0.2) is 60.7 Å². The normalized spacial score (nSPS) is 16.0. The van der Waals surface area contributed by atoms with Gasteiger partial charge < -0.3 is 10.1 Å². The van der Waals surface area contributed by atoms with Gasteiger partial charge in [-0.05, 0) is 52.1 Å². The van der Waals surface area contributed by atoms with Crippen LogP contribution in [0.2, 0.25) is 0 Å². The van der Waals surface area contributed by atoms with Crippen LogP contribution in [0.1, 0.15) is 22.6 Å². The van der Waals surface area contributed by atoms with Crippen LogP contribution in [0.4, 0.5) is 0 Å². The number of ether oxygens (including phenoxy) is 1. The molecule has 0 spiro atoms. The van der Waals surface area contributed by atoms with Gasteiger partial charge in [-0.2, -0.15) is 0 Å². The maximum atomic E-state index is 5.28. The molecule has 23 heavy (non-hydrogen) atoms. The molecule has 1 aliphatic carbocycles. The summed E-state index contributed by atoms with van der Waals surface area (Å²) in [5.74, 6) is 1.59. The molecule has 0 aliphatic heterocycles. The minimum atomic E-state index is 0.677. The van der Waals surface area contributed by atoms with E-state index in [0.29, 0.717) is 5.92 Å². The van der Waals surface area contributed by atoms with E-state index in [1.165, 1.54) is 33.9 Å². The van der Waals surface area contributed by atoms with Gasteiger partial charge in [-0.1, -0.05) is 42.5 Å². The molecule has 0 radical (unpaired) electrons. The van der Waals surface area contributed by atoms with E-state index in [4.69, 9.17) is 4.74 Å². The van der Waals surface area contributed by atoms with Crippen molar-refractivity contribution in [2.24, 2.45) is 0 Å². The third-order valence-corrected chi connectivity index (χ3v) is 4.79. The topological polar surface area (TPSA) is 21.3 Å². The highest BCUT2D eigenvalue weighted by Crippen LogP contribution is 2.34. The molecule has 0 heterocycles. The maximum absolute atomic E-state index is 5.28. The standard InChI is InChI=1S/C21H21NO/c1-23-20-9-8-16-10-15(6-7-17(16)12-20)13-22-14-19-11-18-4-2-3-5-21(18)19/h2-10,12,19,22H,11,13-14H2,1H3. The highest BCUT2D eigenvalue weighted by atomic mass is 16.5. The summed E-state index contributed by atoms with van der Waals surface area (Å²) in [5.41, 5.74) is 4.36. The van der Waals surface area contributed by atoms with E-state index >= 15 is 0 Å². The lowest BCUT2D eigenvalue weighted by molar-refractivity contribution is 0.415. The summed E-state index contributed by atoms with van der Waals surface area (Å²) >= 11 is 0. The molecular weight excluding hydrogens is 282 g/mol. The van der Waals surface area contributed by atoms with Gasteiger partial charge in [-0.3, -0.25) is 0 Å². The number of rotatable bonds is 5. The Bertz CT molecular complexity index is 840. The molecule has 0 amide bonds. The summed E-state index contributed by atoms with van der Waals surface area (Å²) in [6.07, 6.45) is 1.21. The lowest BCUT2D eigenvalue weighted by atomic mass is 9.77. The minimum absolute atomic E-state index is 0.677. The van der Waals surface area contributed by atoms with Gasteiger partial charge in [-0.25, -0.2) is 0 Å². The van der Waals surface area contributed by atoms with Gasteiger partial charge in [0, 0.05) is 19.0 Å². The monoisotopic (exact) mass is 303 g/mol. The number of fused-ring (bicyclic) bond motifs is 2. The number of nitrogens with one attached hydrogen (secondary N) is 1. The largest absolute Gasteiger partial charge is 0.497 e. The van der Waals surface area contributed by atoms with Crippen LogP contribution in [0.3, 0.4) is 0 Å². The average Bonchev–Trinajstić information content (AvgIpc) is 2.58. The summed E-state index contributed by atoms with van der Waals surface area (Å²) in [6.45, 7) is 1.97. The fraction of sp³-hybridized carbons (Fsp3) is 0.238. The van der Waals surface area contributed by atoms with Crippen molar-refractivity contribution in [2.75, 3.05) is 13.7 Å². The molecular formula is C21H21NO. The van der Waals surface area contributed by atoms with Gasteiger partial charge in [0.1, 0.15) is 5.75 Å². The molecule has 0 bridgehead atoms. The zero-order valence-electron chi connectivity index (χ0n) is 13.4. The van der Waals surface area contributed by atoms with Crippen LogP contribution in [0.5, 0.6) is 5.75 Å². The van der Waals surface area contributed by atoms with Crippen molar-refractivity contribution < 1.29 is 4.74 Å². The summed E-state index contributed by atoms with van der Waals surface area (Å²) in [7, 11) is 1.71. The van der Waals surface area contributed by atoms with E-state index in [1.54, 1.807) is 7.11 Å². The van der Waals surface area contributed by atoms with Gasteiger partial charge in [-0.15, -0.1) is 0 Å². The van der Waals surface area contributed by atoms with Gasteiger partial charge in [0.05, 0.1) is 7.11 Å². The first-order valence-electron chi connectivity index (χ1n) is 8.19. The second kappa shape index (κ2) is 6.05. The highest BCUT2D eigenvalue weighted by Gasteiger charge is 2.24. The Hall–Kier alpha value is -2.32. The molecule has 0 aromatic heterocycles. The van der Waals surface area contributed by atoms with Crippen molar-refractivity contribution in [2.45, 2.75) is 18.9 Å². The predicted molar refractivity (Wildman–Crippen MR) is 95.1 cm³/mol. The Labute approximate surface area is 137 Å². The Balaban J connectivity index is 1.39. The van der Waals surface area contributed by atoms with Crippen molar-refractivity contribution >= 4 is 10.8 Å². The van der Waals surface area contributed by atoms with Crippen LogP contribution < -0.4 is 10.1 Å². The maximum Gasteiger partial charge on any atom is 0.119 e. The van der Waals surface area contributed by atoms with E-state index < -0.39 is 0 Å². The number of hydrogen-bond donors (Lipinski definition) is 1.